The number of hydrogen-bond acceptors (Lipinski definition) is 4. The highest BCUT2D eigenvalue weighted by Crippen LogP contribution is 2.44. The van der Waals surface area contributed by atoms with Crippen molar-refractivity contribution < 1.29 is 24.2 Å². The van der Waals surface area contributed by atoms with Crippen LogP contribution in [0.25, 0.3) is 11.1 Å². The van der Waals surface area contributed by atoms with Crippen molar-refractivity contribution in [2.24, 2.45) is 0 Å². The Morgan fingerprint density at radius 2 is 1.54 bits per heavy atom. The first kappa shape index (κ1) is 19.4. The van der Waals surface area contributed by atoms with Crippen LogP contribution in [0.3, 0.4) is 0 Å². The maximum atomic E-state index is 12.2. The average molecular weight is 382 g/mol. The Kier molecular flexibility index (Phi) is 5.63. The van der Waals surface area contributed by atoms with Crippen molar-refractivity contribution in [2.75, 3.05) is 6.61 Å². The zero-order valence-electron chi connectivity index (χ0n) is 15.6. The minimum Gasteiger partial charge on any atom is -0.480 e. The molecule has 0 saturated heterocycles. The molecule has 0 aromatic heterocycles. The Hall–Kier alpha value is -3.35. The number of hydrogen-bond donors (Lipinski definition) is 3. The van der Waals surface area contributed by atoms with Crippen molar-refractivity contribution in [3.05, 3.63) is 59.7 Å². The van der Waals surface area contributed by atoms with Crippen LogP contribution in [-0.2, 0) is 14.3 Å². The highest BCUT2D eigenvalue weighted by atomic mass is 16.5. The Labute approximate surface area is 162 Å². The molecule has 2 atom stereocenters. The van der Waals surface area contributed by atoms with Crippen LogP contribution in [0.15, 0.2) is 48.5 Å². The summed E-state index contributed by atoms with van der Waals surface area (Å²) in [4.78, 5) is 34.8. The van der Waals surface area contributed by atoms with Gasteiger partial charge in [-0.3, -0.25) is 4.79 Å². The quantitative estimate of drug-likeness (QED) is 0.712. The highest BCUT2D eigenvalue weighted by Gasteiger charge is 2.31. The van der Waals surface area contributed by atoms with Crippen molar-refractivity contribution in [3.8, 4) is 11.1 Å². The van der Waals surface area contributed by atoms with Gasteiger partial charge in [-0.05, 0) is 29.2 Å². The number of aliphatic carboxylic acids is 1. The van der Waals surface area contributed by atoms with Gasteiger partial charge in [0, 0.05) is 12.8 Å². The molecule has 0 bridgehead atoms. The number of carbonyl (C=O) groups is 3. The molecule has 146 valence electrons. The van der Waals surface area contributed by atoms with Crippen LogP contribution >= 0.6 is 0 Å². The van der Waals surface area contributed by atoms with E-state index >= 15 is 0 Å². The van der Waals surface area contributed by atoms with Gasteiger partial charge in [0.25, 0.3) is 0 Å². The maximum absolute atomic E-state index is 12.2. The molecule has 1 aliphatic carbocycles. The van der Waals surface area contributed by atoms with Gasteiger partial charge in [0.05, 0.1) is 6.04 Å². The third-order valence-electron chi connectivity index (χ3n) is 4.81. The zero-order chi connectivity index (χ0) is 20.3. The molecule has 0 saturated carbocycles. The fourth-order valence-corrected chi connectivity index (χ4v) is 3.57. The van der Waals surface area contributed by atoms with E-state index in [4.69, 9.17) is 4.74 Å². The van der Waals surface area contributed by atoms with E-state index in [0.717, 1.165) is 22.3 Å². The normalized spacial score (nSPS) is 14.4. The summed E-state index contributed by atoms with van der Waals surface area (Å²) in [6.07, 6.45) is -0.841. The number of ether oxygens (including phenoxy) is 1. The molecule has 0 radical (unpaired) electrons. The first-order chi connectivity index (χ1) is 13.4. The minimum atomic E-state index is -1.29. The largest absolute Gasteiger partial charge is 0.480 e. The molecular weight excluding hydrogens is 360 g/mol. The topological polar surface area (TPSA) is 105 Å². The number of rotatable bonds is 6. The summed E-state index contributed by atoms with van der Waals surface area (Å²) in [6.45, 7) is 2.87. The molecule has 0 heterocycles. The van der Waals surface area contributed by atoms with Gasteiger partial charge in [-0.2, -0.15) is 0 Å². The molecule has 28 heavy (non-hydrogen) atoms. The summed E-state index contributed by atoms with van der Waals surface area (Å²) >= 11 is 0. The summed E-state index contributed by atoms with van der Waals surface area (Å²) in [5.74, 6) is -1.75. The van der Waals surface area contributed by atoms with E-state index in [1.807, 2.05) is 48.5 Å². The Bertz CT molecular complexity index is 866. The van der Waals surface area contributed by atoms with Gasteiger partial charge < -0.3 is 20.5 Å². The van der Waals surface area contributed by atoms with Gasteiger partial charge >= 0.3 is 12.1 Å². The van der Waals surface area contributed by atoms with Crippen molar-refractivity contribution >= 4 is 18.0 Å². The second-order valence-electron chi connectivity index (χ2n) is 6.77. The van der Waals surface area contributed by atoms with Gasteiger partial charge in [-0.15, -0.1) is 0 Å². The fourth-order valence-electron chi connectivity index (χ4n) is 3.57. The van der Waals surface area contributed by atoms with E-state index in [1.54, 1.807) is 0 Å². The molecular formula is C21H22N2O5. The first-order valence-electron chi connectivity index (χ1n) is 9.00. The lowest BCUT2D eigenvalue weighted by molar-refractivity contribution is -0.140. The van der Waals surface area contributed by atoms with Crippen LogP contribution in [0.1, 0.15) is 30.9 Å². The van der Waals surface area contributed by atoms with Gasteiger partial charge in [0.1, 0.15) is 12.6 Å². The number of alkyl carbamates (subject to hydrolysis) is 1. The Balaban J connectivity index is 1.69. The molecule has 0 spiro atoms. The first-order valence-corrected chi connectivity index (χ1v) is 9.00. The van der Waals surface area contributed by atoms with E-state index in [-0.39, 0.29) is 18.4 Å². The average Bonchev–Trinajstić information content (AvgIpc) is 2.97. The summed E-state index contributed by atoms with van der Waals surface area (Å²) in [7, 11) is 0. The van der Waals surface area contributed by atoms with Crippen molar-refractivity contribution in [1.29, 1.82) is 0 Å². The van der Waals surface area contributed by atoms with Gasteiger partial charge in [0.2, 0.25) is 5.91 Å². The predicted molar refractivity (Wildman–Crippen MR) is 103 cm³/mol. The molecule has 2 aromatic carbocycles. The standard InChI is InChI=1S/C21H22N2O5/c1-12(22-13(2)24)19(20(25)26)23-21(27)28-11-18-16-9-5-3-7-14(16)15-8-4-6-10-17(15)18/h3-10,12,18-19H,11H2,1-2H3,(H,22,24)(H,23,27)(H,25,26)/t12-,19+/m1/s1. The van der Waals surface area contributed by atoms with Crippen LogP contribution in [0.2, 0.25) is 0 Å². The molecule has 0 fully saturated rings. The molecule has 0 aliphatic heterocycles. The maximum Gasteiger partial charge on any atom is 0.407 e. The van der Waals surface area contributed by atoms with Crippen molar-refractivity contribution in [3.63, 3.8) is 0 Å². The van der Waals surface area contributed by atoms with Crippen molar-refractivity contribution in [2.45, 2.75) is 31.8 Å². The third kappa shape index (κ3) is 3.98. The van der Waals surface area contributed by atoms with E-state index in [2.05, 4.69) is 10.6 Å². The number of carboxylic acids is 1. The van der Waals surface area contributed by atoms with Crippen molar-refractivity contribution in [1.82, 2.24) is 10.6 Å². The molecule has 1 aliphatic rings. The molecule has 3 N–H and O–H groups in total. The van der Waals surface area contributed by atoms with Gasteiger partial charge in [-0.25, -0.2) is 9.59 Å². The van der Waals surface area contributed by atoms with Crippen LogP contribution in [0.4, 0.5) is 4.79 Å². The molecule has 3 rings (SSSR count). The van der Waals surface area contributed by atoms with E-state index < -0.39 is 24.1 Å². The second kappa shape index (κ2) is 8.12. The molecule has 7 nitrogen and oxygen atoms in total. The summed E-state index contributed by atoms with van der Waals surface area (Å²) in [5.41, 5.74) is 4.35. The SMILES string of the molecule is CC(=O)N[C@H](C)[C@H](NC(=O)OCC1c2ccccc2-c2ccccc21)C(=O)O. The molecule has 2 aromatic rings. The van der Waals surface area contributed by atoms with E-state index in [1.165, 1.54) is 13.8 Å². The molecule has 2 amide bonds. The van der Waals surface area contributed by atoms with E-state index in [0.29, 0.717) is 0 Å². The van der Waals surface area contributed by atoms with Gasteiger partial charge in [-0.1, -0.05) is 48.5 Å². The number of nitrogens with one attached hydrogen (secondary N) is 2. The van der Waals surface area contributed by atoms with Crippen LogP contribution in [-0.4, -0.2) is 41.8 Å². The molecule has 7 heteroatoms. The van der Waals surface area contributed by atoms with E-state index in [9.17, 15) is 19.5 Å². The lowest BCUT2D eigenvalue weighted by Gasteiger charge is -2.22. The summed E-state index contributed by atoms with van der Waals surface area (Å²) < 4.78 is 5.35. The minimum absolute atomic E-state index is 0.0840. The number of benzene rings is 2. The molecule has 0 unspecified atom stereocenters. The smallest absolute Gasteiger partial charge is 0.407 e. The van der Waals surface area contributed by atoms with Crippen LogP contribution < -0.4 is 10.6 Å². The fraction of sp³-hybridized carbons (Fsp3) is 0.286. The number of carboxylic acid groups (broad SMARTS) is 1. The summed E-state index contributed by atoms with van der Waals surface area (Å²) in [5, 5.41) is 14.1. The summed E-state index contributed by atoms with van der Waals surface area (Å²) in [6, 6.07) is 13.8. The predicted octanol–water partition coefficient (Wildman–Crippen LogP) is 2.50. The number of fused-ring (bicyclic) bond motifs is 3. The Morgan fingerprint density at radius 3 is 2.04 bits per heavy atom. The van der Waals surface area contributed by atoms with Gasteiger partial charge in [0.15, 0.2) is 0 Å². The number of amides is 2. The lowest BCUT2D eigenvalue weighted by atomic mass is 9.98. The Morgan fingerprint density at radius 1 is 1.00 bits per heavy atom. The highest BCUT2D eigenvalue weighted by molar-refractivity contribution is 5.82. The monoisotopic (exact) mass is 382 g/mol. The van der Waals surface area contributed by atoms with Crippen LogP contribution in [0.5, 0.6) is 0 Å². The zero-order valence-corrected chi connectivity index (χ0v) is 15.6. The second-order valence-corrected chi connectivity index (χ2v) is 6.77. The third-order valence-corrected chi connectivity index (χ3v) is 4.81. The lowest BCUT2D eigenvalue weighted by Crippen LogP contribution is -2.54. The van der Waals surface area contributed by atoms with Crippen LogP contribution in [0, 0.1) is 0 Å². The number of carbonyl (C=O) groups excluding carboxylic acids is 2.